The first-order chi connectivity index (χ1) is 11.5. The lowest BCUT2D eigenvalue weighted by Crippen LogP contribution is -2.36. The van der Waals surface area contributed by atoms with Crippen LogP contribution >= 0.6 is 0 Å². The zero-order valence-electron chi connectivity index (χ0n) is 14.3. The molecule has 0 fully saturated rings. The van der Waals surface area contributed by atoms with Gasteiger partial charge < -0.3 is 15.2 Å². The molecule has 2 heterocycles. The molecule has 3 aromatic rings. The molecule has 0 aliphatic carbocycles. The molecule has 1 aromatic carbocycles. The fraction of sp³-hybridized carbons (Fsp3) is 0.333. The van der Waals surface area contributed by atoms with Crippen molar-refractivity contribution in [2.24, 2.45) is 0 Å². The van der Waals surface area contributed by atoms with E-state index >= 15 is 0 Å². The predicted octanol–water partition coefficient (Wildman–Crippen LogP) is 3.36. The quantitative estimate of drug-likeness (QED) is 0.673. The normalized spacial score (nSPS) is 11.2. The van der Waals surface area contributed by atoms with Crippen LogP contribution in [0.1, 0.15) is 36.6 Å². The number of carbonyl (C=O) groups excluding carboxylic acids is 1. The number of nitrogens with zero attached hydrogens (tertiary/aromatic N) is 2. The van der Waals surface area contributed by atoms with Crippen molar-refractivity contribution >= 4 is 16.9 Å². The third-order valence-electron chi connectivity index (χ3n) is 4.12. The van der Waals surface area contributed by atoms with Crippen LogP contribution in [-0.2, 0) is 13.1 Å². The monoisotopic (exact) mass is 325 g/mol. The number of urea groups is 1. The first-order valence-corrected chi connectivity index (χ1v) is 8.11. The Hall–Kier alpha value is -2.76. The summed E-state index contributed by atoms with van der Waals surface area (Å²) in [6.45, 7) is 5.36. The number of carbonyl (C=O) groups is 1. The Morgan fingerprint density at radius 1 is 1.33 bits per heavy atom. The lowest BCUT2D eigenvalue weighted by molar-refractivity contribution is 0.206. The number of fused-ring (bicyclic) bond motifs is 1. The van der Waals surface area contributed by atoms with E-state index in [9.17, 15) is 4.79 Å². The van der Waals surface area contributed by atoms with Crippen LogP contribution in [0.25, 0.3) is 10.9 Å². The van der Waals surface area contributed by atoms with Gasteiger partial charge in [0.25, 0.3) is 0 Å². The van der Waals surface area contributed by atoms with Crippen LogP contribution in [0, 0.1) is 0 Å². The van der Waals surface area contributed by atoms with Crippen molar-refractivity contribution in [1.82, 2.24) is 25.4 Å². The van der Waals surface area contributed by atoms with E-state index in [2.05, 4.69) is 58.6 Å². The molecule has 2 aromatic heterocycles. The van der Waals surface area contributed by atoms with Crippen molar-refractivity contribution < 1.29 is 4.79 Å². The summed E-state index contributed by atoms with van der Waals surface area (Å²) < 4.78 is 0. The van der Waals surface area contributed by atoms with Gasteiger partial charge in [-0.25, -0.2) is 4.79 Å². The summed E-state index contributed by atoms with van der Waals surface area (Å²) in [5.41, 5.74) is 4.38. The second kappa shape index (κ2) is 6.78. The SMILES string of the molecule is CC(C)c1ccc2cc(CNC(=O)N(C)Cc3cn[nH]c3)[nH]c2c1. The molecule has 126 valence electrons. The highest BCUT2D eigenvalue weighted by molar-refractivity contribution is 5.81. The fourth-order valence-corrected chi connectivity index (χ4v) is 2.67. The van der Waals surface area contributed by atoms with Gasteiger partial charge in [-0.1, -0.05) is 26.0 Å². The van der Waals surface area contributed by atoms with Gasteiger partial charge in [0.05, 0.1) is 19.3 Å². The van der Waals surface area contributed by atoms with E-state index in [-0.39, 0.29) is 6.03 Å². The van der Waals surface area contributed by atoms with Gasteiger partial charge in [0.1, 0.15) is 0 Å². The van der Waals surface area contributed by atoms with E-state index in [4.69, 9.17) is 0 Å². The number of amides is 2. The average molecular weight is 325 g/mol. The summed E-state index contributed by atoms with van der Waals surface area (Å²) >= 11 is 0. The van der Waals surface area contributed by atoms with E-state index in [1.165, 1.54) is 5.56 Å². The van der Waals surface area contributed by atoms with Crippen LogP contribution in [0.2, 0.25) is 0 Å². The lowest BCUT2D eigenvalue weighted by atomic mass is 10.0. The van der Waals surface area contributed by atoms with Gasteiger partial charge >= 0.3 is 6.03 Å². The molecule has 0 spiro atoms. The fourth-order valence-electron chi connectivity index (χ4n) is 2.67. The number of benzene rings is 1. The third kappa shape index (κ3) is 3.59. The molecule has 0 aliphatic rings. The van der Waals surface area contributed by atoms with Crippen molar-refractivity contribution in [3.05, 3.63) is 53.5 Å². The molecule has 2 amide bonds. The Labute approximate surface area is 141 Å². The number of nitrogens with one attached hydrogen (secondary N) is 3. The van der Waals surface area contributed by atoms with E-state index in [1.807, 2.05) is 0 Å². The third-order valence-corrected chi connectivity index (χ3v) is 4.12. The maximum Gasteiger partial charge on any atom is 0.317 e. The van der Waals surface area contributed by atoms with Gasteiger partial charge in [-0.3, -0.25) is 5.10 Å². The molecule has 0 radical (unpaired) electrons. The molecule has 0 atom stereocenters. The summed E-state index contributed by atoms with van der Waals surface area (Å²) in [6.07, 6.45) is 3.50. The molecule has 0 saturated carbocycles. The minimum absolute atomic E-state index is 0.113. The Balaban J connectivity index is 1.61. The van der Waals surface area contributed by atoms with Crippen LogP contribution in [0.15, 0.2) is 36.7 Å². The van der Waals surface area contributed by atoms with Gasteiger partial charge in [-0.2, -0.15) is 5.10 Å². The van der Waals surface area contributed by atoms with Crippen molar-refractivity contribution in [3.8, 4) is 0 Å². The van der Waals surface area contributed by atoms with Crippen molar-refractivity contribution in [1.29, 1.82) is 0 Å². The van der Waals surface area contributed by atoms with E-state index in [0.29, 0.717) is 19.0 Å². The maximum atomic E-state index is 12.2. The van der Waals surface area contributed by atoms with Crippen LogP contribution in [-0.4, -0.2) is 33.2 Å². The molecule has 6 heteroatoms. The summed E-state index contributed by atoms with van der Waals surface area (Å²) in [4.78, 5) is 17.2. The maximum absolute atomic E-state index is 12.2. The van der Waals surface area contributed by atoms with Gasteiger partial charge in [0, 0.05) is 30.0 Å². The minimum atomic E-state index is -0.113. The number of hydrogen-bond acceptors (Lipinski definition) is 2. The molecule has 24 heavy (non-hydrogen) atoms. The molecule has 6 nitrogen and oxygen atoms in total. The second-order valence-corrected chi connectivity index (χ2v) is 6.42. The van der Waals surface area contributed by atoms with Gasteiger partial charge in [-0.15, -0.1) is 0 Å². The minimum Gasteiger partial charge on any atom is -0.357 e. The van der Waals surface area contributed by atoms with Gasteiger partial charge in [0.15, 0.2) is 0 Å². The Bertz CT molecular complexity index is 819. The van der Waals surface area contributed by atoms with Crippen LogP contribution in [0.4, 0.5) is 4.79 Å². The van der Waals surface area contributed by atoms with Crippen molar-refractivity contribution in [2.45, 2.75) is 32.9 Å². The molecule has 0 aliphatic heterocycles. The lowest BCUT2D eigenvalue weighted by Gasteiger charge is -2.16. The number of rotatable bonds is 5. The van der Waals surface area contributed by atoms with Gasteiger partial charge in [0.2, 0.25) is 0 Å². The topological polar surface area (TPSA) is 76.8 Å². The first kappa shape index (κ1) is 16.1. The smallest absolute Gasteiger partial charge is 0.317 e. The largest absolute Gasteiger partial charge is 0.357 e. The summed E-state index contributed by atoms with van der Waals surface area (Å²) in [5, 5.41) is 10.7. The number of hydrogen-bond donors (Lipinski definition) is 3. The molecule has 0 unspecified atom stereocenters. The van der Waals surface area contributed by atoms with E-state index in [0.717, 1.165) is 22.2 Å². The molecule has 0 saturated heterocycles. The molecule has 3 rings (SSSR count). The molecule has 0 bridgehead atoms. The first-order valence-electron chi connectivity index (χ1n) is 8.11. The number of aromatic nitrogens is 3. The summed E-state index contributed by atoms with van der Waals surface area (Å²) in [7, 11) is 1.77. The highest BCUT2D eigenvalue weighted by Gasteiger charge is 2.10. The van der Waals surface area contributed by atoms with Crippen LogP contribution in [0.5, 0.6) is 0 Å². The van der Waals surface area contributed by atoms with Crippen LogP contribution < -0.4 is 5.32 Å². The average Bonchev–Trinajstić information content (AvgIpc) is 3.20. The van der Waals surface area contributed by atoms with Gasteiger partial charge in [-0.05, 0) is 29.0 Å². The summed E-state index contributed by atoms with van der Waals surface area (Å²) in [5.74, 6) is 0.498. The summed E-state index contributed by atoms with van der Waals surface area (Å²) in [6, 6.07) is 8.42. The zero-order chi connectivity index (χ0) is 17.1. The van der Waals surface area contributed by atoms with Crippen LogP contribution in [0.3, 0.4) is 0 Å². The number of aromatic amines is 2. The Morgan fingerprint density at radius 3 is 2.88 bits per heavy atom. The predicted molar refractivity (Wildman–Crippen MR) is 94.7 cm³/mol. The highest BCUT2D eigenvalue weighted by Crippen LogP contribution is 2.21. The van der Waals surface area contributed by atoms with E-state index in [1.54, 1.807) is 24.3 Å². The highest BCUT2D eigenvalue weighted by atomic mass is 16.2. The Kier molecular flexibility index (Phi) is 4.55. The van der Waals surface area contributed by atoms with Crippen molar-refractivity contribution in [2.75, 3.05) is 7.05 Å². The Morgan fingerprint density at radius 2 is 2.17 bits per heavy atom. The number of H-pyrrole nitrogens is 2. The molecular weight excluding hydrogens is 302 g/mol. The second-order valence-electron chi connectivity index (χ2n) is 6.42. The molecule has 3 N–H and O–H groups in total. The van der Waals surface area contributed by atoms with Crippen molar-refractivity contribution in [3.63, 3.8) is 0 Å². The zero-order valence-corrected chi connectivity index (χ0v) is 14.3. The van der Waals surface area contributed by atoms with E-state index < -0.39 is 0 Å². The standard InChI is InChI=1S/C18H23N5O/c1-12(2)14-4-5-15-6-16(22-17(15)7-14)10-19-18(24)23(3)11-13-8-20-21-9-13/h4-9,12,22H,10-11H2,1-3H3,(H,19,24)(H,20,21). The molecular formula is C18H23N5O.